The van der Waals surface area contributed by atoms with Crippen molar-refractivity contribution in [3.63, 3.8) is 0 Å². The first-order valence-corrected chi connectivity index (χ1v) is 15.6. The molecule has 11 nitrogen and oxygen atoms in total. The van der Waals surface area contributed by atoms with Crippen molar-refractivity contribution in [2.75, 3.05) is 18.0 Å². The van der Waals surface area contributed by atoms with Crippen molar-refractivity contribution >= 4 is 44.9 Å². The van der Waals surface area contributed by atoms with Crippen LogP contribution in [0.3, 0.4) is 0 Å². The maximum absolute atomic E-state index is 14.3. The van der Waals surface area contributed by atoms with Crippen LogP contribution in [0, 0.1) is 18.8 Å². The quantitative estimate of drug-likeness (QED) is 0.227. The van der Waals surface area contributed by atoms with Gasteiger partial charge >= 0.3 is 11.8 Å². The van der Waals surface area contributed by atoms with Gasteiger partial charge in [0.05, 0.1) is 24.3 Å². The van der Waals surface area contributed by atoms with Crippen LogP contribution in [0.25, 0.3) is 32.8 Å². The molecule has 1 aliphatic heterocycles. The van der Waals surface area contributed by atoms with E-state index in [4.69, 9.17) is 14.7 Å². The Morgan fingerprint density at radius 3 is 2.52 bits per heavy atom. The molecule has 1 atom stereocenters. The molecular formula is C35H39N7O4. The minimum Gasteiger partial charge on any atom is -0.444 e. The number of imidazole rings is 1. The Labute approximate surface area is 266 Å². The van der Waals surface area contributed by atoms with E-state index in [1.54, 1.807) is 18.5 Å². The van der Waals surface area contributed by atoms with E-state index in [0.29, 0.717) is 30.2 Å². The largest absolute Gasteiger partial charge is 0.444 e. The fourth-order valence-electron chi connectivity index (χ4n) is 6.26. The zero-order chi connectivity index (χ0) is 32.7. The van der Waals surface area contributed by atoms with Crippen LogP contribution in [0.15, 0.2) is 52.1 Å². The summed E-state index contributed by atoms with van der Waals surface area (Å²) in [6.45, 7) is 10.6. The average molecular weight is 622 g/mol. The number of ether oxygens (including phenoxy) is 1. The lowest BCUT2D eigenvalue weighted by molar-refractivity contribution is 0.0499. The van der Waals surface area contributed by atoms with Crippen molar-refractivity contribution in [2.45, 2.75) is 72.2 Å². The zero-order valence-corrected chi connectivity index (χ0v) is 27.2. The highest BCUT2D eigenvalue weighted by molar-refractivity contribution is 6.07. The molecule has 0 bridgehead atoms. The molecule has 238 valence electrons. The number of rotatable bonds is 5. The standard InChI is InChI=1S/C35H39N7O4/c1-7-8-19-41-29-30(38-32(41)40-18-12-14-23(20-40)36-33(44)46-35(3,4)5)39(6)34(45)42(31(29)43)21-27-25-16-10-9-15-24(25)26-17-11-13-22(2)28(26)37-27/h9-11,13,15-17,23H,12,14,18-21H2,1-6H3,(H,36,44)/t23-/m1/s1. The van der Waals surface area contributed by atoms with Crippen LogP contribution in [0.5, 0.6) is 0 Å². The second kappa shape index (κ2) is 12.0. The van der Waals surface area contributed by atoms with Gasteiger partial charge in [0.25, 0.3) is 5.56 Å². The third-order valence-corrected chi connectivity index (χ3v) is 8.37. The van der Waals surface area contributed by atoms with Gasteiger partial charge in [0.2, 0.25) is 5.95 Å². The van der Waals surface area contributed by atoms with Gasteiger partial charge in [-0.25, -0.2) is 14.6 Å². The monoisotopic (exact) mass is 621 g/mol. The highest BCUT2D eigenvalue weighted by Crippen LogP contribution is 2.29. The van der Waals surface area contributed by atoms with Gasteiger partial charge in [0.1, 0.15) is 5.60 Å². The van der Waals surface area contributed by atoms with Gasteiger partial charge in [-0.1, -0.05) is 48.4 Å². The minimum atomic E-state index is -0.608. The van der Waals surface area contributed by atoms with E-state index in [1.807, 2.05) is 75.1 Å². The summed E-state index contributed by atoms with van der Waals surface area (Å²) in [5.74, 6) is 6.53. The number of fused-ring (bicyclic) bond motifs is 4. The fourth-order valence-corrected chi connectivity index (χ4v) is 6.26. The summed E-state index contributed by atoms with van der Waals surface area (Å²) in [5.41, 5.74) is 1.54. The van der Waals surface area contributed by atoms with Crippen molar-refractivity contribution < 1.29 is 9.53 Å². The second-order valence-corrected chi connectivity index (χ2v) is 12.8. The number of nitrogens with zero attached hydrogens (tertiary/aromatic N) is 6. The number of amides is 1. The highest BCUT2D eigenvalue weighted by atomic mass is 16.6. The predicted octanol–water partition coefficient (Wildman–Crippen LogP) is 4.47. The molecule has 2 aromatic carbocycles. The molecule has 1 amide bonds. The number of aromatic nitrogens is 5. The molecule has 11 heteroatoms. The van der Waals surface area contributed by atoms with Gasteiger partial charge in [0.15, 0.2) is 11.2 Å². The molecule has 46 heavy (non-hydrogen) atoms. The highest BCUT2D eigenvalue weighted by Gasteiger charge is 2.29. The number of alkyl carbamates (subject to hydrolysis) is 1. The molecule has 6 rings (SSSR count). The molecule has 1 fully saturated rings. The summed E-state index contributed by atoms with van der Waals surface area (Å²) in [6.07, 6.45) is 1.11. The average Bonchev–Trinajstić information content (AvgIpc) is 3.40. The molecular weight excluding hydrogens is 582 g/mol. The number of anilines is 1. The van der Waals surface area contributed by atoms with Gasteiger partial charge in [-0.2, -0.15) is 4.98 Å². The van der Waals surface area contributed by atoms with E-state index >= 15 is 0 Å². The molecule has 1 saturated heterocycles. The number of carbonyl (C=O) groups excluding carboxylic acids is 1. The number of piperidine rings is 1. The summed E-state index contributed by atoms with van der Waals surface area (Å²) in [4.78, 5) is 52.5. The summed E-state index contributed by atoms with van der Waals surface area (Å²) in [7, 11) is 1.63. The number of aryl methyl sites for hydroxylation is 2. The Morgan fingerprint density at radius 2 is 1.78 bits per heavy atom. The Kier molecular flexibility index (Phi) is 8.06. The van der Waals surface area contributed by atoms with Gasteiger partial charge < -0.3 is 15.0 Å². The first-order valence-electron chi connectivity index (χ1n) is 15.6. The molecule has 3 aromatic heterocycles. The zero-order valence-electron chi connectivity index (χ0n) is 27.2. The van der Waals surface area contributed by atoms with E-state index in [1.165, 1.54) is 9.13 Å². The van der Waals surface area contributed by atoms with Crippen LogP contribution >= 0.6 is 0 Å². The van der Waals surface area contributed by atoms with Gasteiger partial charge in [-0.15, -0.1) is 5.92 Å². The fraction of sp³-hybridized carbons (Fsp3) is 0.400. The lowest BCUT2D eigenvalue weighted by Crippen LogP contribution is -2.49. The van der Waals surface area contributed by atoms with Crippen LogP contribution in [0.4, 0.5) is 10.7 Å². The number of carbonyl (C=O) groups is 1. The smallest absolute Gasteiger partial charge is 0.407 e. The Hall–Kier alpha value is -5.11. The molecule has 1 N–H and O–H groups in total. The SMILES string of the molecule is CC#CCn1c(N2CCC[C@@H](NC(=O)OC(C)(C)C)C2)nc2c1c(=O)n(Cc1nc3c(C)cccc3c3ccccc13)c(=O)n2C. The molecule has 5 aromatic rings. The maximum Gasteiger partial charge on any atom is 0.407 e. The number of pyridine rings is 1. The molecule has 4 heterocycles. The van der Waals surface area contributed by atoms with Crippen LogP contribution in [0.2, 0.25) is 0 Å². The van der Waals surface area contributed by atoms with Crippen LogP contribution < -0.4 is 21.5 Å². The van der Waals surface area contributed by atoms with Crippen molar-refractivity contribution in [3.8, 4) is 11.8 Å². The van der Waals surface area contributed by atoms with Gasteiger partial charge in [-0.05, 0) is 58.4 Å². The number of para-hydroxylation sites is 1. The Morgan fingerprint density at radius 1 is 1.04 bits per heavy atom. The minimum absolute atomic E-state index is 0.00218. The van der Waals surface area contributed by atoms with Crippen molar-refractivity contribution in [1.82, 2.24) is 29.0 Å². The van der Waals surface area contributed by atoms with Crippen LogP contribution in [0.1, 0.15) is 51.8 Å². The molecule has 0 aliphatic carbocycles. The second-order valence-electron chi connectivity index (χ2n) is 12.8. The van der Waals surface area contributed by atoms with Gasteiger partial charge in [-0.3, -0.25) is 18.5 Å². The summed E-state index contributed by atoms with van der Waals surface area (Å²) >= 11 is 0. The van der Waals surface area contributed by atoms with E-state index in [9.17, 15) is 14.4 Å². The molecule has 0 unspecified atom stereocenters. The van der Waals surface area contributed by atoms with E-state index in [2.05, 4.69) is 17.2 Å². The van der Waals surface area contributed by atoms with Crippen molar-refractivity contribution in [1.29, 1.82) is 0 Å². The van der Waals surface area contributed by atoms with Crippen molar-refractivity contribution in [3.05, 3.63) is 74.6 Å². The van der Waals surface area contributed by atoms with Crippen LogP contribution in [-0.2, 0) is 24.9 Å². The van der Waals surface area contributed by atoms with E-state index < -0.39 is 22.9 Å². The molecule has 0 radical (unpaired) electrons. The first kappa shape index (κ1) is 30.9. The topological polar surface area (TPSA) is 116 Å². The normalized spacial score (nSPS) is 15.3. The maximum atomic E-state index is 14.3. The van der Waals surface area contributed by atoms with Crippen LogP contribution in [-0.4, -0.2) is 54.5 Å². The van der Waals surface area contributed by atoms with Crippen molar-refractivity contribution in [2.24, 2.45) is 7.05 Å². The number of hydrogen-bond acceptors (Lipinski definition) is 7. The van der Waals surface area contributed by atoms with E-state index in [0.717, 1.165) is 40.1 Å². The Bertz CT molecular complexity index is 2180. The lowest BCUT2D eigenvalue weighted by atomic mass is 10.0. The summed E-state index contributed by atoms with van der Waals surface area (Å²) in [5, 5.41) is 5.90. The third kappa shape index (κ3) is 5.71. The number of nitrogens with one attached hydrogen (secondary N) is 1. The van der Waals surface area contributed by atoms with E-state index in [-0.39, 0.29) is 24.8 Å². The van der Waals surface area contributed by atoms with Gasteiger partial charge in [0, 0.05) is 37.0 Å². The number of hydrogen-bond donors (Lipinski definition) is 1. The predicted molar refractivity (Wildman–Crippen MR) is 180 cm³/mol. The summed E-state index contributed by atoms with van der Waals surface area (Å²) < 4.78 is 9.93. The molecule has 1 aliphatic rings. The first-order chi connectivity index (χ1) is 22.0. The third-order valence-electron chi connectivity index (χ3n) is 8.37. The number of benzene rings is 2. The summed E-state index contributed by atoms with van der Waals surface area (Å²) in [6, 6.07) is 13.8. The molecule has 0 spiro atoms. The molecule has 0 saturated carbocycles. The lowest BCUT2D eigenvalue weighted by Gasteiger charge is -2.34. The Balaban J connectivity index is 1.45.